The first-order valence-corrected chi connectivity index (χ1v) is 5.43. The Labute approximate surface area is 84.1 Å². The summed E-state index contributed by atoms with van der Waals surface area (Å²) in [6, 6.07) is 0.305. The lowest BCUT2D eigenvalue weighted by molar-refractivity contribution is 0.136. The molecule has 0 aromatic heterocycles. The summed E-state index contributed by atoms with van der Waals surface area (Å²) >= 11 is 0. The van der Waals surface area contributed by atoms with E-state index in [4.69, 9.17) is 5.73 Å². The fraction of sp³-hybridized carbons (Fsp3) is 1.00. The highest BCUT2D eigenvalue weighted by molar-refractivity contribution is 4.80. The van der Waals surface area contributed by atoms with Gasteiger partial charge in [0.05, 0.1) is 0 Å². The van der Waals surface area contributed by atoms with E-state index in [2.05, 4.69) is 48.5 Å². The molecular formula is C12H27N. The standard InChI is InChI=1S/C12H27N/c1-8(9(2)11(4)13)10(3)12(5,6)7/h8-11H,13H2,1-7H3. The lowest BCUT2D eigenvalue weighted by Gasteiger charge is -2.37. The van der Waals surface area contributed by atoms with Gasteiger partial charge in [0.1, 0.15) is 0 Å². The molecule has 4 unspecified atom stereocenters. The van der Waals surface area contributed by atoms with Crippen LogP contribution < -0.4 is 5.73 Å². The van der Waals surface area contributed by atoms with Gasteiger partial charge in [-0.15, -0.1) is 0 Å². The molecule has 0 aromatic rings. The maximum Gasteiger partial charge on any atom is 0.00387 e. The number of rotatable bonds is 3. The molecule has 13 heavy (non-hydrogen) atoms. The van der Waals surface area contributed by atoms with E-state index >= 15 is 0 Å². The Kier molecular flexibility index (Phi) is 4.44. The van der Waals surface area contributed by atoms with E-state index < -0.39 is 0 Å². The van der Waals surface area contributed by atoms with Crippen molar-refractivity contribution in [3.8, 4) is 0 Å². The van der Waals surface area contributed by atoms with Crippen LogP contribution in [0.4, 0.5) is 0 Å². The van der Waals surface area contributed by atoms with Crippen LogP contribution in [0.25, 0.3) is 0 Å². The average molecular weight is 185 g/mol. The molecule has 0 aliphatic heterocycles. The molecule has 1 nitrogen and oxygen atoms in total. The third kappa shape index (κ3) is 3.68. The molecule has 0 spiro atoms. The molecule has 0 amide bonds. The van der Waals surface area contributed by atoms with Gasteiger partial charge in [-0.1, -0.05) is 41.5 Å². The van der Waals surface area contributed by atoms with Crippen molar-refractivity contribution < 1.29 is 0 Å². The summed E-state index contributed by atoms with van der Waals surface area (Å²) in [5, 5.41) is 0. The van der Waals surface area contributed by atoms with Crippen LogP contribution in [-0.2, 0) is 0 Å². The first-order chi connectivity index (χ1) is 5.68. The second kappa shape index (κ2) is 4.45. The van der Waals surface area contributed by atoms with Crippen molar-refractivity contribution in [2.75, 3.05) is 0 Å². The van der Waals surface area contributed by atoms with Crippen molar-refractivity contribution in [3.63, 3.8) is 0 Å². The van der Waals surface area contributed by atoms with E-state index in [0.29, 0.717) is 29.2 Å². The van der Waals surface area contributed by atoms with Gasteiger partial charge in [0.2, 0.25) is 0 Å². The zero-order chi connectivity index (χ0) is 10.8. The second-order valence-corrected chi connectivity index (χ2v) is 5.73. The van der Waals surface area contributed by atoms with Gasteiger partial charge in [-0.2, -0.15) is 0 Å². The fourth-order valence-electron chi connectivity index (χ4n) is 1.72. The lowest BCUT2D eigenvalue weighted by Crippen LogP contribution is -2.36. The van der Waals surface area contributed by atoms with E-state index in [0.717, 1.165) is 0 Å². The first-order valence-electron chi connectivity index (χ1n) is 5.43. The molecule has 0 aliphatic rings. The Morgan fingerprint density at radius 3 is 1.46 bits per heavy atom. The van der Waals surface area contributed by atoms with Gasteiger partial charge in [0.15, 0.2) is 0 Å². The highest BCUT2D eigenvalue weighted by Crippen LogP contribution is 2.35. The Balaban J connectivity index is 4.34. The highest BCUT2D eigenvalue weighted by atomic mass is 14.6. The predicted octanol–water partition coefficient (Wildman–Crippen LogP) is 3.29. The molecule has 0 aliphatic carbocycles. The molecule has 4 atom stereocenters. The average Bonchev–Trinajstić information content (AvgIpc) is 1.98. The molecule has 0 radical (unpaired) electrons. The zero-order valence-electron chi connectivity index (χ0n) is 10.4. The van der Waals surface area contributed by atoms with Gasteiger partial charge in [-0.05, 0) is 30.1 Å². The fourth-order valence-corrected chi connectivity index (χ4v) is 1.72. The maximum absolute atomic E-state index is 5.92. The molecule has 1 heteroatoms. The molecule has 0 saturated carbocycles. The quantitative estimate of drug-likeness (QED) is 0.717. The van der Waals surface area contributed by atoms with Crippen molar-refractivity contribution in [3.05, 3.63) is 0 Å². The van der Waals surface area contributed by atoms with E-state index in [1.807, 2.05) is 0 Å². The summed E-state index contributed by atoms with van der Waals surface area (Å²) in [4.78, 5) is 0. The van der Waals surface area contributed by atoms with Crippen molar-refractivity contribution in [2.24, 2.45) is 28.9 Å². The van der Waals surface area contributed by atoms with Crippen LogP contribution >= 0.6 is 0 Å². The minimum atomic E-state index is 0.305. The van der Waals surface area contributed by atoms with Crippen LogP contribution in [0.2, 0.25) is 0 Å². The van der Waals surface area contributed by atoms with Gasteiger partial charge >= 0.3 is 0 Å². The van der Waals surface area contributed by atoms with E-state index in [9.17, 15) is 0 Å². The van der Waals surface area contributed by atoms with Crippen molar-refractivity contribution in [2.45, 2.75) is 54.5 Å². The van der Waals surface area contributed by atoms with Crippen molar-refractivity contribution >= 4 is 0 Å². The minimum absolute atomic E-state index is 0.305. The van der Waals surface area contributed by atoms with Crippen molar-refractivity contribution in [1.82, 2.24) is 0 Å². The predicted molar refractivity (Wildman–Crippen MR) is 60.6 cm³/mol. The van der Waals surface area contributed by atoms with Crippen LogP contribution in [0.1, 0.15) is 48.5 Å². The third-order valence-corrected chi connectivity index (χ3v) is 3.81. The van der Waals surface area contributed by atoms with E-state index in [1.165, 1.54) is 0 Å². The van der Waals surface area contributed by atoms with Gasteiger partial charge in [-0.3, -0.25) is 0 Å². The van der Waals surface area contributed by atoms with Crippen LogP contribution in [0.15, 0.2) is 0 Å². The van der Waals surface area contributed by atoms with Crippen LogP contribution in [0.5, 0.6) is 0 Å². The van der Waals surface area contributed by atoms with E-state index in [-0.39, 0.29) is 0 Å². The summed E-state index contributed by atoms with van der Waals surface area (Å²) in [6.45, 7) is 16.0. The molecule has 0 saturated heterocycles. The summed E-state index contributed by atoms with van der Waals surface area (Å²) < 4.78 is 0. The monoisotopic (exact) mass is 185 g/mol. The molecule has 0 rings (SSSR count). The Hall–Kier alpha value is -0.0400. The normalized spacial score (nSPS) is 22.2. The maximum atomic E-state index is 5.92. The molecule has 0 fully saturated rings. The molecule has 0 bridgehead atoms. The first kappa shape index (κ1) is 13.0. The SMILES string of the molecule is CC(N)C(C)C(C)C(C)C(C)(C)C. The van der Waals surface area contributed by atoms with Crippen LogP contribution in [0.3, 0.4) is 0 Å². The number of hydrogen-bond donors (Lipinski definition) is 1. The van der Waals surface area contributed by atoms with Gasteiger partial charge in [0, 0.05) is 6.04 Å². The smallest absolute Gasteiger partial charge is 0.00387 e. The minimum Gasteiger partial charge on any atom is -0.328 e. The summed E-state index contributed by atoms with van der Waals surface area (Å²) in [5.74, 6) is 2.02. The molecule has 0 heterocycles. The molecule has 2 N–H and O–H groups in total. The van der Waals surface area contributed by atoms with Crippen LogP contribution in [-0.4, -0.2) is 6.04 Å². The third-order valence-electron chi connectivity index (χ3n) is 3.81. The second-order valence-electron chi connectivity index (χ2n) is 5.73. The largest absolute Gasteiger partial charge is 0.328 e. The Morgan fingerprint density at radius 1 is 0.846 bits per heavy atom. The number of hydrogen-bond acceptors (Lipinski definition) is 1. The topological polar surface area (TPSA) is 26.0 Å². The summed E-state index contributed by atoms with van der Waals surface area (Å²) in [6.07, 6.45) is 0. The van der Waals surface area contributed by atoms with Gasteiger partial charge in [0.25, 0.3) is 0 Å². The van der Waals surface area contributed by atoms with E-state index in [1.54, 1.807) is 0 Å². The summed E-state index contributed by atoms with van der Waals surface area (Å²) in [7, 11) is 0. The molecular weight excluding hydrogens is 158 g/mol. The Morgan fingerprint density at radius 2 is 1.23 bits per heavy atom. The van der Waals surface area contributed by atoms with Crippen molar-refractivity contribution in [1.29, 1.82) is 0 Å². The van der Waals surface area contributed by atoms with Crippen LogP contribution in [0, 0.1) is 23.2 Å². The number of nitrogens with two attached hydrogens (primary N) is 1. The summed E-state index contributed by atoms with van der Waals surface area (Å²) in [5.41, 5.74) is 6.31. The Bertz CT molecular complexity index is 144. The lowest BCUT2D eigenvalue weighted by atomic mass is 9.70. The highest BCUT2D eigenvalue weighted by Gasteiger charge is 2.29. The van der Waals surface area contributed by atoms with Gasteiger partial charge in [-0.25, -0.2) is 0 Å². The van der Waals surface area contributed by atoms with Gasteiger partial charge < -0.3 is 5.73 Å². The molecule has 0 aromatic carbocycles. The molecule has 80 valence electrons. The zero-order valence-corrected chi connectivity index (χ0v) is 10.4.